The van der Waals surface area contributed by atoms with Crippen molar-refractivity contribution in [2.24, 2.45) is 0 Å². The summed E-state index contributed by atoms with van der Waals surface area (Å²) in [6.45, 7) is 4.79. The Morgan fingerprint density at radius 3 is 2.63 bits per heavy atom. The average Bonchev–Trinajstić information content (AvgIpc) is 2.76. The summed E-state index contributed by atoms with van der Waals surface area (Å²) >= 11 is 12.5. The van der Waals surface area contributed by atoms with Gasteiger partial charge in [0, 0.05) is 37.4 Å². The molecule has 9 heteroatoms. The van der Waals surface area contributed by atoms with Gasteiger partial charge < -0.3 is 15.0 Å². The molecule has 30 heavy (non-hydrogen) atoms. The Hall–Kier alpha value is -2.90. The Morgan fingerprint density at radius 1 is 1.20 bits per heavy atom. The molecule has 0 aliphatic carbocycles. The number of amides is 1. The SMILES string of the molecule is C=CC(=O)N1CCC(Oc2cc3c(Nc4c(Cl)cccc4Cl)ncnc3cn2)CC1. The van der Waals surface area contributed by atoms with E-state index in [2.05, 4.69) is 26.8 Å². The summed E-state index contributed by atoms with van der Waals surface area (Å²) < 4.78 is 6.07. The number of benzene rings is 1. The number of aromatic nitrogens is 3. The normalized spacial score (nSPS) is 14.5. The van der Waals surface area contributed by atoms with Crippen LogP contribution in [-0.2, 0) is 4.79 Å². The molecule has 7 nitrogen and oxygen atoms in total. The van der Waals surface area contributed by atoms with E-state index in [-0.39, 0.29) is 12.0 Å². The molecular formula is C21H19Cl2N5O2. The largest absolute Gasteiger partial charge is 0.474 e. The number of rotatable bonds is 5. The molecule has 4 rings (SSSR count). The second-order valence-electron chi connectivity index (χ2n) is 6.83. The zero-order valence-corrected chi connectivity index (χ0v) is 17.5. The molecule has 1 saturated heterocycles. The highest BCUT2D eigenvalue weighted by atomic mass is 35.5. The standard InChI is InChI=1S/C21H19Cl2N5O2/c1-2-19(29)28-8-6-13(7-9-28)30-18-10-14-17(11-24-18)25-12-26-21(14)27-20-15(22)4-3-5-16(20)23/h2-5,10-13H,1,6-9H2,(H,25,26,27). The Bertz CT molecular complexity index is 1080. The van der Waals surface area contributed by atoms with Gasteiger partial charge in [-0.2, -0.15) is 0 Å². The molecule has 0 unspecified atom stereocenters. The van der Waals surface area contributed by atoms with Crippen molar-refractivity contribution in [2.45, 2.75) is 18.9 Å². The van der Waals surface area contributed by atoms with Crippen molar-refractivity contribution < 1.29 is 9.53 Å². The van der Waals surface area contributed by atoms with E-state index in [0.29, 0.717) is 46.0 Å². The van der Waals surface area contributed by atoms with E-state index in [4.69, 9.17) is 27.9 Å². The number of likely N-dealkylation sites (tertiary alicyclic amines) is 1. The van der Waals surface area contributed by atoms with Crippen molar-refractivity contribution in [1.82, 2.24) is 19.9 Å². The van der Waals surface area contributed by atoms with Crippen LogP contribution < -0.4 is 10.1 Å². The number of carbonyl (C=O) groups is 1. The summed E-state index contributed by atoms with van der Waals surface area (Å²) in [5.74, 6) is 0.969. The summed E-state index contributed by atoms with van der Waals surface area (Å²) in [6, 6.07) is 7.07. The number of carbonyl (C=O) groups excluding carboxylic acids is 1. The number of pyridine rings is 1. The van der Waals surface area contributed by atoms with Gasteiger partial charge in [0.2, 0.25) is 11.8 Å². The first-order valence-electron chi connectivity index (χ1n) is 9.45. The van der Waals surface area contributed by atoms with Gasteiger partial charge in [-0.05, 0) is 18.2 Å². The highest BCUT2D eigenvalue weighted by Gasteiger charge is 2.23. The van der Waals surface area contributed by atoms with Gasteiger partial charge in [-0.25, -0.2) is 15.0 Å². The first-order chi connectivity index (χ1) is 14.5. The maximum atomic E-state index is 11.7. The molecule has 154 valence electrons. The quantitative estimate of drug-likeness (QED) is 0.578. The van der Waals surface area contributed by atoms with Crippen molar-refractivity contribution in [3.63, 3.8) is 0 Å². The van der Waals surface area contributed by atoms with E-state index >= 15 is 0 Å². The lowest BCUT2D eigenvalue weighted by Gasteiger charge is -2.31. The van der Waals surface area contributed by atoms with E-state index < -0.39 is 0 Å². The summed E-state index contributed by atoms with van der Waals surface area (Å²) in [7, 11) is 0. The van der Waals surface area contributed by atoms with E-state index in [1.54, 1.807) is 35.4 Å². The van der Waals surface area contributed by atoms with Gasteiger partial charge in [0.1, 0.15) is 18.2 Å². The van der Waals surface area contributed by atoms with Gasteiger partial charge >= 0.3 is 0 Å². The Morgan fingerprint density at radius 2 is 1.93 bits per heavy atom. The van der Waals surface area contributed by atoms with Crippen LogP contribution in [0.3, 0.4) is 0 Å². The Balaban J connectivity index is 1.55. The van der Waals surface area contributed by atoms with E-state index in [1.165, 1.54) is 12.4 Å². The molecule has 1 amide bonds. The summed E-state index contributed by atoms with van der Waals surface area (Å²) in [6.07, 6.45) is 5.86. The second-order valence-corrected chi connectivity index (χ2v) is 7.64. The van der Waals surface area contributed by atoms with Crippen LogP contribution in [0.25, 0.3) is 10.9 Å². The van der Waals surface area contributed by atoms with E-state index in [1.807, 2.05) is 0 Å². The Kier molecular flexibility index (Phi) is 6.01. The molecular weight excluding hydrogens is 425 g/mol. The molecule has 0 saturated carbocycles. The van der Waals surface area contributed by atoms with Crippen LogP contribution in [0.5, 0.6) is 5.88 Å². The number of hydrogen-bond acceptors (Lipinski definition) is 6. The van der Waals surface area contributed by atoms with Gasteiger partial charge in [-0.15, -0.1) is 0 Å². The van der Waals surface area contributed by atoms with Crippen LogP contribution in [0, 0.1) is 0 Å². The minimum Gasteiger partial charge on any atom is -0.474 e. The Labute approximate surface area is 183 Å². The summed E-state index contributed by atoms with van der Waals surface area (Å²) in [4.78, 5) is 26.5. The molecule has 3 heterocycles. The number of hydrogen-bond donors (Lipinski definition) is 1. The zero-order chi connectivity index (χ0) is 21.1. The molecule has 2 aromatic heterocycles. The minimum atomic E-state index is -0.0524. The topological polar surface area (TPSA) is 80.2 Å². The van der Waals surface area contributed by atoms with E-state index in [9.17, 15) is 4.79 Å². The number of nitrogens with one attached hydrogen (secondary N) is 1. The number of para-hydroxylation sites is 1. The maximum Gasteiger partial charge on any atom is 0.245 e. The average molecular weight is 444 g/mol. The van der Waals surface area contributed by atoms with Crippen LogP contribution in [0.1, 0.15) is 12.8 Å². The smallest absolute Gasteiger partial charge is 0.245 e. The first-order valence-corrected chi connectivity index (χ1v) is 10.2. The fourth-order valence-corrected chi connectivity index (χ4v) is 3.83. The number of piperidine rings is 1. The monoisotopic (exact) mass is 443 g/mol. The molecule has 1 aliphatic rings. The molecule has 3 aromatic rings. The van der Waals surface area contributed by atoms with Crippen molar-refractivity contribution >= 4 is 51.5 Å². The summed E-state index contributed by atoms with van der Waals surface area (Å²) in [5.41, 5.74) is 1.23. The molecule has 1 aliphatic heterocycles. The predicted octanol–water partition coefficient (Wildman–Crippen LogP) is 4.63. The maximum absolute atomic E-state index is 11.7. The molecule has 0 spiro atoms. The lowest BCUT2D eigenvalue weighted by Crippen LogP contribution is -2.41. The number of halogens is 2. The number of anilines is 2. The highest BCUT2D eigenvalue weighted by Crippen LogP contribution is 2.34. The molecule has 0 bridgehead atoms. The third kappa shape index (κ3) is 4.32. The molecule has 1 fully saturated rings. The highest BCUT2D eigenvalue weighted by molar-refractivity contribution is 6.39. The van der Waals surface area contributed by atoms with Gasteiger partial charge in [0.15, 0.2) is 0 Å². The van der Waals surface area contributed by atoms with Gasteiger partial charge in [0.05, 0.1) is 27.4 Å². The first kappa shape index (κ1) is 20.4. The van der Waals surface area contributed by atoms with Crippen molar-refractivity contribution in [3.8, 4) is 5.88 Å². The predicted molar refractivity (Wildman–Crippen MR) is 118 cm³/mol. The molecule has 0 atom stereocenters. The van der Waals surface area contributed by atoms with Crippen molar-refractivity contribution in [1.29, 1.82) is 0 Å². The second kappa shape index (κ2) is 8.85. The van der Waals surface area contributed by atoms with Gasteiger partial charge in [-0.1, -0.05) is 35.8 Å². The third-order valence-electron chi connectivity index (χ3n) is 4.92. The van der Waals surface area contributed by atoms with Crippen LogP contribution >= 0.6 is 23.2 Å². The van der Waals surface area contributed by atoms with Crippen LogP contribution in [0.15, 0.2) is 49.4 Å². The molecule has 1 N–H and O–H groups in total. The van der Waals surface area contributed by atoms with Crippen LogP contribution in [0.2, 0.25) is 10.0 Å². The minimum absolute atomic E-state index is 0.0251. The third-order valence-corrected chi connectivity index (χ3v) is 5.55. The van der Waals surface area contributed by atoms with Crippen LogP contribution in [0.4, 0.5) is 11.5 Å². The fraction of sp³-hybridized carbons (Fsp3) is 0.238. The summed E-state index contributed by atoms with van der Waals surface area (Å²) in [5, 5.41) is 4.89. The van der Waals surface area contributed by atoms with Crippen LogP contribution in [-0.4, -0.2) is 45.0 Å². The fourth-order valence-electron chi connectivity index (χ4n) is 3.33. The lowest BCUT2D eigenvalue weighted by atomic mass is 10.1. The molecule has 0 radical (unpaired) electrons. The molecule has 1 aromatic carbocycles. The van der Waals surface area contributed by atoms with Gasteiger partial charge in [0.25, 0.3) is 0 Å². The number of fused-ring (bicyclic) bond motifs is 1. The van der Waals surface area contributed by atoms with Crippen molar-refractivity contribution in [2.75, 3.05) is 18.4 Å². The van der Waals surface area contributed by atoms with Crippen molar-refractivity contribution in [3.05, 3.63) is 59.5 Å². The van der Waals surface area contributed by atoms with E-state index in [0.717, 1.165) is 18.2 Å². The number of ether oxygens (including phenoxy) is 1. The number of nitrogens with zero attached hydrogens (tertiary/aromatic N) is 4. The zero-order valence-electron chi connectivity index (χ0n) is 16.0. The van der Waals surface area contributed by atoms with Gasteiger partial charge in [-0.3, -0.25) is 4.79 Å². The lowest BCUT2D eigenvalue weighted by molar-refractivity contribution is -0.127.